The van der Waals surface area contributed by atoms with Crippen LogP contribution in [0.3, 0.4) is 0 Å². The normalized spacial score (nSPS) is 32.3. The fourth-order valence-electron chi connectivity index (χ4n) is 1.49. The number of carbonyl (C=O) groups is 1. The van der Waals surface area contributed by atoms with Gasteiger partial charge in [-0.05, 0) is 7.05 Å². The van der Waals surface area contributed by atoms with Crippen LogP contribution in [-0.4, -0.2) is 51.3 Å². The molecule has 4 nitrogen and oxygen atoms in total. The van der Waals surface area contributed by atoms with E-state index in [1.165, 1.54) is 12.0 Å². The Labute approximate surface area is 66.7 Å². The van der Waals surface area contributed by atoms with Crippen LogP contribution < -0.4 is 4.90 Å². The van der Waals surface area contributed by atoms with E-state index in [4.69, 9.17) is 0 Å². The Balaban J connectivity index is 2.52. The Morgan fingerprint density at radius 2 is 2.36 bits per heavy atom. The lowest BCUT2D eigenvalue weighted by Crippen LogP contribution is -3.07. The predicted molar refractivity (Wildman–Crippen MR) is 40.2 cm³/mol. The first kappa shape index (κ1) is 8.49. The van der Waals surface area contributed by atoms with Gasteiger partial charge in [0.25, 0.3) is 0 Å². The molecule has 0 aromatic rings. The lowest BCUT2D eigenvalue weighted by atomic mass is 10.3. The van der Waals surface area contributed by atoms with Crippen molar-refractivity contribution in [3.63, 3.8) is 0 Å². The molecule has 0 aromatic carbocycles. The molecule has 1 heterocycles. The largest absolute Gasteiger partial charge is 0.468 e. The fraction of sp³-hybridized carbons (Fsp3) is 0.857. The lowest BCUT2D eigenvalue weighted by molar-refractivity contribution is -0.871. The molecule has 0 aromatic heterocycles. The molecule has 11 heavy (non-hydrogen) atoms. The maximum Gasteiger partial charge on any atom is 0.329 e. The second-order valence-electron chi connectivity index (χ2n) is 3.12. The van der Waals surface area contributed by atoms with Crippen LogP contribution in [0.4, 0.5) is 0 Å². The van der Waals surface area contributed by atoms with Crippen LogP contribution >= 0.6 is 0 Å². The van der Waals surface area contributed by atoms with Gasteiger partial charge in [0, 0.05) is 0 Å². The molecule has 0 saturated carbocycles. The topological polar surface area (TPSA) is 34.0 Å². The first-order valence-corrected chi connectivity index (χ1v) is 3.74. The van der Waals surface area contributed by atoms with Gasteiger partial charge in [0.05, 0.1) is 14.2 Å². The van der Waals surface area contributed by atoms with Crippen LogP contribution in [0.1, 0.15) is 0 Å². The molecular formula is C7H15N2O2+. The predicted octanol–water partition coefficient (Wildman–Crippen LogP) is -2.05. The minimum Gasteiger partial charge on any atom is -0.468 e. The molecule has 4 heteroatoms. The number of hydrogen-bond donors (Lipinski definition) is 1. The maximum atomic E-state index is 11.1. The third-order valence-electron chi connectivity index (χ3n) is 2.07. The van der Waals surface area contributed by atoms with Crippen molar-refractivity contribution >= 4 is 5.97 Å². The Hall–Kier alpha value is -0.610. The third-order valence-corrected chi connectivity index (χ3v) is 2.07. The van der Waals surface area contributed by atoms with E-state index >= 15 is 0 Å². The van der Waals surface area contributed by atoms with E-state index in [0.29, 0.717) is 0 Å². The average Bonchev–Trinajstić information content (AvgIpc) is 2.28. The fourth-order valence-corrected chi connectivity index (χ4v) is 1.49. The Kier molecular flexibility index (Phi) is 2.46. The Morgan fingerprint density at radius 1 is 1.73 bits per heavy atom. The number of methoxy groups -OCH3 is 1. The van der Waals surface area contributed by atoms with E-state index in [9.17, 15) is 4.79 Å². The number of esters is 1. The van der Waals surface area contributed by atoms with E-state index in [2.05, 4.69) is 11.8 Å². The molecule has 0 bridgehead atoms. The van der Waals surface area contributed by atoms with Gasteiger partial charge in [0.15, 0.2) is 6.04 Å². The molecule has 0 amide bonds. The van der Waals surface area contributed by atoms with E-state index in [1.807, 2.05) is 11.9 Å². The summed E-state index contributed by atoms with van der Waals surface area (Å²) >= 11 is 0. The summed E-state index contributed by atoms with van der Waals surface area (Å²) in [7, 11) is 5.45. The summed E-state index contributed by atoms with van der Waals surface area (Å²) in [5.74, 6) is -0.121. The highest BCUT2D eigenvalue weighted by atomic mass is 16.5. The molecule has 2 atom stereocenters. The van der Waals surface area contributed by atoms with Crippen LogP contribution in [0.25, 0.3) is 0 Å². The molecular weight excluding hydrogens is 144 g/mol. The van der Waals surface area contributed by atoms with Crippen LogP contribution in [0.5, 0.6) is 0 Å². The van der Waals surface area contributed by atoms with Crippen molar-refractivity contribution in [2.24, 2.45) is 0 Å². The lowest BCUT2D eigenvalue weighted by Gasteiger charge is -2.11. The standard InChI is InChI=1S/C7H14N2O2/c1-8-4-6(7(10)11-3)9(2)5-8/h6H,4-5H2,1-3H3/p+1. The van der Waals surface area contributed by atoms with Crippen LogP contribution in [-0.2, 0) is 9.53 Å². The highest BCUT2D eigenvalue weighted by Crippen LogP contribution is 1.98. The third kappa shape index (κ3) is 1.70. The number of ether oxygens (including phenoxy) is 1. The van der Waals surface area contributed by atoms with Gasteiger partial charge in [-0.2, -0.15) is 0 Å². The molecule has 1 saturated heterocycles. The summed E-state index contributed by atoms with van der Waals surface area (Å²) in [6.45, 7) is 1.77. The maximum absolute atomic E-state index is 11.1. The second kappa shape index (κ2) is 3.19. The number of carbonyl (C=O) groups excluding carboxylic acids is 1. The van der Waals surface area contributed by atoms with Crippen molar-refractivity contribution in [3.05, 3.63) is 0 Å². The van der Waals surface area contributed by atoms with Gasteiger partial charge in [0.2, 0.25) is 0 Å². The quantitative estimate of drug-likeness (QED) is 0.447. The summed E-state index contributed by atoms with van der Waals surface area (Å²) in [5.41, 5.74) is 0. The average molecular weight is 159 g/mol. The van der Waals surface area contributed by atoms with Gasteiger partial charge in [-0.15, -0.1) is 0 Å². The van der Waals surface area contributed by atoms with Crippen LogP contribution in [0, 0.1) is 0 Å². The summed E-state index contributed by atoms with van der Waals surface area (Å²) < 4.78 is 4.66. The number of hydrogen-bond acceptors (Lipinski definition) is 3. The van der Waals surface area contributed by atoms with E-state index in [0.717, 1.165) is 13.2 Å². The Bertz CT molecular complexity index is 161. The molecule has 1 fully saturated rings. The molecule has 2 unspecified atom stereocenters. The Morgan fingerprint density at radius 3 is 2.73 bits per heavy atom. The summed E-state index contributed by atoms with van der Waals surface area (Å²) in [6.07, 6.45) is 0. The molecule has 1 aliphatic heterocycles. The van der Waals surface area contributed by atoms with Crippen molar-refractivity contribution in [1.29, 1.82) is 0 Å². The minimum atomic E-state index is -0.121. The molecule has 0 radical (unpaired) electrons. The number of nitrogens with zero attached hydrogens (tertiary/aromatic N) is 1. The smallest absolute Gasteiger partial charge is 0.329 e. The van der Waals surface area contributed by atoms with Crippen molar-refractivity contribution in [1.82, 2.24) is 4.90 Å². The molecule has 0 spiro atoms. The zero-order valence-corrected chi connectivity index (χ0v) is 7.26. The van der Waals surface area contributed by atoms with Crippen molar-refractivity contribution < 1.29 is 14.4 Å². The number of likely N-dealkylation sites (N-methyl/N-ethyl adjacent to an activating group) is 2. The number of rotatable bonds is 1. The molecule has 64 valence electrons. The van der Waals surface area contributed by atoms with E-state index < -0.39 is 0 Å². The molecule has 1 N–H and O–H groups in total. The zero-order chi connectivity index (χ0) is 8.43. The summed E-state index contributed by atoms with van der Waals surface area (Å²) in [6, 6.07) is -0.0417. The number of quaternary nitrogens is 1. The van der Waals surface area contributed by atoms with Gasteiger partial charge in [-0.25, -0.2) is 4.90 Å². The molecule has 1 aliphatic rings. The van der Waals surface area contributed by atoms with E-state index in [1.54, 1.807) is 0 Å². The first-order chi connectivity index (χ1) is 5.15. The number of nitrogens with one attached hydrogen (secondary N) is 1. The monoisotopic (exact) mass is 159 g/mol. The molecule has 0 aliphatic carbocycles. The van der Waals surface area contributed by atoms with Crippen molar-refractivity contribution in [3.8, 4) is 0 Å². The van der Waals surface area contributed by atoms with Gasteiger partial charge in [-0.3, -0.25) is 4.79 Å². The zero-order valence-electron chi connectivity index (χ0n) is 7.26. The minimum absolute atomic E-state index is 0.0417. The van der Waals surface area contributed by atoms with Crippen molar-refractivity contribution in [2.45, 2.75) is 6.04 Å². The van der Waals surface area contributed by atoms with Crippen LogP contribution in [0.15, 0.2) is 0 Å². The second-order valence-corrected chi connectivity index (χ2v) is 3.12. The van der Waals surface area contributed by atoms with Gasteiger partial charge in [0.1, 0.15) is 13.2 Å². The van der Waals surface area contributed by atoms with Gasteiger partial charge < -0.3 is 9.64 Å². The SMILES string of the molecule is COC(=O)C1C[NH+](C)CN1C. The van der Waals surface area contributed by atoms with Gasteiger partial charge in [-0.1, -0.05) is 0 Å². The first-order valence-electron chi connectivity index (χ1n) is 3.74. The van der Waals surface area contributed by atoms with Gasteiger partial charge >= 0.3 is 5.97 Å². The summed E-state index contributed by atoms with van der Waals surface area (Å²) in [5, 5.41) is 0. The highest BCUT2D eigenvalue weighted by Gasteiger charge is 2.34. The molecule has 1 rings (SSSR count). The highest BCUT2D eigenvalue weighted by molar-refractivity contribution is 5.75. The van der Waals surface area contributed by atoms with Crippen molar-refractivity contribution in [2.75, 3.05) is 34.4 Å². The summed E-state index contributed by atoms with van der Waals surface area (Å²) in [4.78, 5) is 14.5. The van der Waals surface area contributed by atoms with E-state index in [-0.39, 0.29) is 12.0 Å². The van der Waals surface area contributed by atoms with Crippen LogP contribution in [0.2, 0.25) is 0 Å².